The van der Waals surface area contributed by atoms with Crippen LogP contribution in [-0.4, -0.2) is 25.5 Å². The minimum Gasteiger partial charge on any atom is -0.494 e. The van der Waals surface area contributed by atoms with Crippen molar-refractivity contribution in [3.8, 4) is 5.75 Å². The Morgan fingerprint density at radius 2 is 1.84 bits per heavy atom. The highest BCUT2D eigenvalue weighted by Gasteiger charge is 2.08. The normalized spacial score (nSPS) is 10.2. The highest BCUT2D eigenvalue weighted by atomic mass is 16.5. The summed E-state index contributed by atoms with van der Waals surface area (Å²) in [6.45, 7) is 2.75. The Kier molecular flexibility index (Phi) is 7.01. The van der Waals surface area contributed by atoms with Crippen molar-refractivity contribution in [3.05, 3.63) is 59.7 Å². The molecule has 2 amide bonds. The van der Waals surface area contributed by atoms with Crippen molar-refractivity contribution in [3.63, 3.8) is 0 Å². The zero-order valence-electron chi connectivity index (χ0n) is 14.7. The van der Waals surface area contributed by atoms with Gasteiger partial charge in [0, 0.05) is 18.3 Å². The van der Waals surface area contributed by atoms with Gasteiger partial charge in [0.05, 0.1) is 13.0 Å². The van der Waals surface area contributed by atoms with Crippen LogP contribution in [0.3, 0.4) is 0 Å². The molecule has 2 N–H and O–H groups in total. The van der Waals surface area contributed by atoms with E-state index >= 15 is 0 Å². The van der Waals surface area contributed by atoms with Gasteiger partial charge in [-0.25, -0.2) is 0 Å². The number of nitrogens with one attached hydrogen (secondary N) is 2. The van der Waals surface area contributed by atoms with Crippen LogP contribution in [0.1, 0.15) is 35.7 Å². The molecule has 0 aliphatic rings. The topological polar surface area (TPSA) is 67.4 Å². The minimum absolute atomic E-state index is 0.0447. The Bertz CT molecular complexity index is 711. The summed E-state index contributed by atoms with van der Waals surface area (Å²) in [7, 11) is 1.61. The first-order chi connectivity index (χ1) is 12.1. The van der Waals surface area contributed by atoms with Crippen LogP contribution >= 0.6 is 0 Å². The summed E-state index contributed by atoms with van der Waals surface area (Å²) >= 11 is 0. The molecule has 2 aromatic carbocycles. The number of likely N-dealkylation sites (N-methyl/N-ethyl adjacent to an activating group) is 1. The molecule has 0 bridgehead atoms. The monoisotopic (exact) mass is 340 g/mol. The molecule has 0 heterocycles. The van der Waals surface area contributed by atoms with E-state index in [2.05, 4.69) is 17.6 Å². The molecule has 0 radical (unpaired) electrons. The molecule has 0 aliphatic carbocycles. The van der Waals surface area contributed by atoms with E-state index in [-0.39, 0.29) is 11.8 Å². The van der Waals surface area contributed by atoms with E-state index in [1.807, 2.05) is 24.3 Å². The Hall–Kier alpha value is -2.82. The van der Waals surface area contributed by atoms with Crippen molar-refractivity contribution in [1.82, 2.24) is 5.32 Å². The van der Waals surface area contributed by atoms with Gasteiger partial charge in [0.15, 0.2) is 0 Å². The molecule has 0 saturated heterocycles. The quantitative estimate of drug-likeness (QED) is 0.724. The van der Waals surface area contributed by atoms with Gasteiger partial charge in [-0.05, 0) is 42.3 Å². The number of amides is 2. The number of hydrogen-bond donors (Lipinski definition) is 2. The van der Waals surface area contributed by atoms with Crippen molar-refractivity contribution >= 4 is 17.5 Å². The fraction of sp³-hybridized carbons (Fsp3) is 0.300. The van der Waals surface area contributed by atoms with E-state index in [9.17, 15) is 9.59 Å². The van der Waals surface area contributed by atoms with Crippen LogP contribution in [0.2, 0.25) is 0 Å². The minimum atomic E-state index is -0.194. The van der Waals surface area contributed by atoms with Crippen molar-refractivity contribution in [2.24, 2.45) is 0 Å². The van der Waals surface area contributed by atoms with Crippen LogP contribution in [0.5, 0.6) is 5.75 Å². The zero-order valence-corrected chi connectivity index (χ0v) is 14.7. The summed E-state index contributed by atoms with van der Waals surface area (Å²) in [5.74, 6) is 0.457. The van der Waals surface area contributed by atoms with Gasteiger partial charge in [0.1, 0.15) is 5.75 Å². The number of anilines is 1. The number of benzene rings is 2. The first-order valence-corrected chi connectivity index (χ1v) is 8.46. The Morgan fingerprint density at radius 3 is 2.52 bits per heavy atom. The number of unbranched alkanes of at least 4 members (excludes halogenated alkanes) is 1. The maximum absolute atomic E-state index is 12.4. The van der Waals surface area contributed by atoms with Gasteiger partial charge in [-0.3, -0.25) is 9.59 Å². The lowest BCUT2D eigenvalue weighted by Crippen LogP contribution is -2.19. The summed E-state index contributed by atoms with van der Waals surface area (Å²) in [4.78, 5) is 23.7. The molecule has 25 heavy (non-hydrogen) atoms. The predicted molar refractivity (Wildman–Crippen MR) is 99.0 cm³/mol. The number of carbonyl (C=O) groups excluding carboxylic acids is 2. The van der Waals surface area contributed by atoms with Gasteiger partial charge in [-0.15, -0.1) is 0 Å². The number of carbonyl (C=O) groups is 2. The lowest BCUT2D eigenvalue weighted by Gasteiger charge is -2.09. The summed E-state index contributed by atoms with van der Waals surface area (Å²) < 4.78 is 5.63. The highest BCUT2D eigenvalue weighted by Crippen LogP contribution is 2.16. The summed E-state index contributed by atoms with van der Waals surface area (Å²) in [6.07, 6.45) is 2.37. The molecule has 5 nitrogen and oxygen atoms in total. The summed E-state index contributed by atoms with van der Waals surface area (Å²) in [5, 5.41) is 5.44. The van der Waals surface area contributed by atoms with Gasteiger partial charge in [-0.1, -0.05) is 31.5 Å². The smallest absolute Gasteiger partial charge is 0.255 e. The molecule has 0 spiro atoms. The number of ether oxygens (including phenoxy) is 1. The van der Waals surface area contributed by atoms with E-state index < -0.39 is 0 Å². The third-order valence-corrected chi connectivity index (χ3v) is 3.72. The molecule has 0 aliphatic heterocycles. The van der Waals surface area contributed by atoms with Gasteiger partial charge < -0.3 is 15.4 Å². The van der Waals surface area contributed by atoms with Crippen molar-refractivity contribution < 1.29 is 14.3 Å². The summed E-state index contributed by atoms with van der Waals surface area (Å²) in [6, 6.07) is 14.4. The second-order valence-corrected chi connectivity index (χ2v) is 5.73. The molecule has 0 saturated carbocycles. The number of rotatable bonds is 8. The summed E-state index contributed by atoms with van der Waals surface area (Å²) in [5.41, 5.74) is 2.12. The molecule has 0 aromatic heterocycles. The molecule has 0 unspecified atom stereocenters. The average Bonchev–Trinajstić information content (AvgIpc) is 2.63. The molecular formula is C20H24N2O3. The van der Waals surface area contributed by atoms with Crippen LogP contribution in [0.25, 0.3) is 0 Å². The maximum atomic E-state index is 12.4. The Morgan fingerprint density at radius 1 is 1.08 bits per heavy atom. The van der Waals surface area contributed by atoms with E-state index in [4.69, 9.17) is 4.74 Å². The van der Waals surface area contributed by atoms with Crippen LogP contribution in [0, 0.1) is 0 Å². The van der Waals surface area contributed by atoms with E-state index in [1.165, 1.54) is 0 Å². The third kappa shape index (κ3) is 5.95. The van der Waals surface area contributed by atoms with Crippen LogP contribution in [0.4, 0.5) is 5.69 Å². The second kappa shape index (κ2) is 9.47. The molecule has 132 valence electrons. The van der Waals surface area contributed by atoms with Crippen LogP contribution < -0.4 is 15.4 Å². The van der Waals surface area contributed by atoms with Crippen LogP contribution in [0.15, 0.2) is 48.5 Å². The molecule has 2 rings (SSSR count). The van der Waals surface area contributed by atoms with Gasteiger partial charge in [0.25, 0.3) is 5.91 Å². The van der Waals surface area contributed by atoms with Crippen molar-refractivity contribution in [2.45, 2.75) is 26.2 Å². The van der Waals surface area contributed by atoms with Gasteiger partial charge >= 0.3 is 0 Å². The fourth-order valence-electron chi connectivity index (χ4n) is 2.24. The molecule has 0 fully saturated rings. The third-order valence-electron chi connectivity index (χ3n) is 3.72. The maximum Gasteiger partial charge on any atom is 0.255 e. The average molecular weight is 340 g/mol. The van der Waals surface area contributed by atoms with E-state index in [0.717, 1.165) is 18.4 Å². The fourth-order valence-corrected chi connectivity index (χ4v) is 2.24. The first kappa shape index (κ1) is 18.5. The molecule has 5 heteroatoms. The van der Waals surface area contributed by atoms with Crippen LogP contribution in [-0.2, 0) is 11.2 Å². The molecular weight excluding hydrogens is 316 g/mol. The second-order valence-electron chi connectivity index (χ2n) is 5.73. The molecule has 0 atom stereocenters. The van der Waals surface area contributed by atoms with Crippen molar-refractivity contribution in [2.75, 3.05) is 19.0 Å². The predicted octanol–water partition coefficient (Wildman–Crippen LogP) is 3.41. The highest BCUT2D eigenvalue weighted by molar-refractivity contribution is 6.04. The first-order valence-electron chi connectivity index (χ1n) is 8.46. The van der Waals surface area contributed by atoms with Gasteiger partial charge in [0.2, 0.25) is 5.91 Å². The zero-order chi connectivity index (χ0) is 18.1. The standard InChI is InChI=1S/C20H24N2O3/c1-3-4-12-25-18-7-5-6-16(14-18)20(24)22-17-10-8-15(9-11-17)13-19(23)21-2/h5-11,14H,3-4,12-13H2,1-2H3,(H,21,23)(H,22,24). The largest absolute Gasteiger partial charge is 0.494 e. The van der Waals surface area contributed by atoms with E-state index in [1.54, 1.807) is 31.3 Å². The lowest BCUT2D eigenvalue weighted by molar-refractivity contribution is -0.119. The number of hydrogen-bond acceptors (Lipinski definition) is 3. The Balaban J connectivity index is 1.97. The Labute approximate surface area is 148 Å². The lowest BCUT2D eigenvalue weighted by atomic mass is 10.1. The van der Waals surface area contributed by atoms with E-state index in [0.29, 0.717) is 30.0 Å². The SMILES string of the molecule is CCCCOc1cccc(C(=O)Nc2ccc(CC(=O)NC)cc2)c1. The van der Waals surface area contributed by atoms with Gasteiger partial charge in [-0.2, -0.15) is 0 Å². The van der Waals surface area contributed by atoms with Crippen molar-refractivity contribution in [1.29, 1.82) is 0 Å². The molecule has 2 aromatic rings.